The van der Waals surface area contributed by atoms with E-state index >= 15 is 0 Å². The minimum Gasteiger partial charge on any atom is -0.452 e. The number of aromatic nitrogens is 2. The molecule has 0 amide bonds. The zero-order valence-corrected chi connectivity index (χ0v) is 41.0. The van der Waals surface area contributed by atoms with E-state index in [0.717, 1.165) is 27.0 Å². The van der Waals surface area contributed by atoms with E-state index < -0.39 is 0 Å². The van der Waals surface area contributed by atoms with Crippen LogP contribution in [0.2, 0.25) is 0 Å². The van der Waals surface area contributed by atoms with Gasteiger partial charge in [0.05, 0.1) is 0 Å². The standard InChI is InChI=1S/C52H12B20N2OS/c53-28-20(29(54)40(65)35(60)22(28)23-31(56)33(58)24(34(59)32(23)57)25-36(61)42(67)45(70)43(68)37(25)62)16-8-9-19-18(11-16)49-50(75-19)48(73-12-74-49)17-3-1-2-15(10-17)13-4-6-14(7-5-13)21-30(55)41(66)38(63)26-27-39(64)44(69)46(71)47(72)52(27)76-51(21)26/h1-12H. The second-order valence-electron chi connectivity index (χ2n) is 18.4. The predicted molar refractivity (Wildman–Crippen MR) is 343 cm³/mol. The lowest BCUT2D eigenvalue weighted by molar-refractivity contribution is 0.667. The van der Waals surface area contributed by atoms with E-state index in [2.05, 4.69) is 9.97 Å². The van der Waals surface area contributed by atoms with Gasteiger partial charge in [-0.3, -0.25) is 0 Å². The molecular formula is C52H12B20N2OS. The van der Waals surface area contributed by atoms with Crippen molar-refractivity contribution in [2.24, 2.45) is 0 Å². The number of fused-ring (bicyclic) bond motifs is 6. The Kier molecular flexibility index (Phi) is 13.0. The van der Waals surface area contributed by atoms with Crippen molar-refractivity contribution in [2.75, 3.05) is 0 Å². The third-order valence-electron chi connectivity index (χ3n) is 14.3. The lowest BCUT2D eigenvalue weighted by atomic mass is 9.54. The van der Waals surface area contributed by atoms with Crippen molar-refractivity contribution in [1.82, 2.24) is 9.97 Å². The Morgan fingerprint density at radius 1 is 0.316 bits per heavy atom. The van der Waals surface area contributed by atoms with Crippen LogP contribution in [0.5, 0.6) is 0 Å². The molecule has 40 radical (unpaired) electrons. The van der Waals surface area contributed by atoms with Crippen LogP contribution in [-0.2, 0) is 0 Å². The maximum absolute atomic E-state index is 7.04. The first-order valence-electron chi connectivity index (χ1n) is 22.9. The summed E-state index contributed by atoms with van der Waals surface area (Å²) in [6.45, 7) is 0. The van der Waals surface area contributed by atoms with Crippen LogP contribution in [-0.4, -0.2) is 167 Å². The largest absolute Gasteiger partial charge is 0.452 e. The van der Waals surface area contributed by atoms with Gasteiger partial charge in [0.2, 0.25) is 0 Å². The smallest absolute Gasteiger partial charge is 0.180 e. The SMILES string of the molecule is [B]c1c([B])c([B])c(-c2c([B])c([B])c(-c3c([B])c([B])c([B])c(-c4ccc5oc6c(-c7cccc(-c8ccc(-c9c([B])c([B])c([B])c%10c9sc9c([B])c([B])c([B])c([B])c9%10)cc8)c7)ncnc6c5c4)c3[B])c([B])c2[B])c([B])c1[B]. The number of benzene rings is 8. The van der Waals surface area contributed by atoms with Gasteiger partial charge in [-0.2, -0.15) is 0 Å². The first-order valence-corrected chi connectivity index (χ1v) is 23.8. The first-order chi connectivity index (χ1) is 36.1. The monoisotopic (exact) mass is 932 g/mol. The van der Waals surface area contributed by atoms with Crippen LogP contribution in [0.1, 0.15) is 0 Å². The summed E-state index contributed by atoms with van der Waals surface area (Å²) >= 11 is 1.36. The number of thiophene rings is 1. The second-order valence-corrected chi connectivity index (χ2v) is 19.4. The normalized spacial score (nSPS) is 11.7. The van der Waals surface area contributed by atoms with Crippen LogP contribution in [0, 0.1) is 0 Å². The van der Waals surface area contributed by atoms with Crippen LogP contribution < -0.4 is 109 Å². The van der Waals surface area contributed by atoms with Gasteiger partial charge in [0.25, 0.3) is 0 Å². The van der Waals surface area contributed by atoms with E-state index in [0.29, 0.717) is 70.9 Å². The van der Waals surface area contributed by atoms with Gasteiger partial charge in [0, 0.05) is 20.3 Å². The van der Waals surface area contributed by atoms with Crippen molar-refractivity contribution in [3.05, 3.63) is 73.1 Å². The molecule has 8 aromatic carbocycles. The minimum absolute atomic E-state index is 0.0104. The predicted octanol–water partition coefficient (Wildman–Crippen LogP) is -9.38. The summed E-state index contributed by atoms with van der Waals surface area (Å²) in [7, 11) is 131. The first kappa shape index (κ1) is 52.2. The quantitative estimate of drug-likeness (QED) is 0.156. The van der Waals surface area contributed by atoms with Crippen LogP contribution in [0.25, 0.3) is 109 Å². The summed E-state index contributed by atoms with van der Waals surface area (Å²) in [5.41, 5.74) is 8.45. The molecule has 0 fully saturated rings. The van der Waals surface area contributed by atoms with Gasteiger partial charge in [0.1, 0.15) is 180 Å². The maximum Gasteiger partial charge on any atom is 0.180 e. The van der Waals surface area contributed by atoms with E-state index in [1.165, 1.54) is 17.7 Å². The molecule has 0 spiro atoms. The molecule has 0 aliphatic rings. The van der Waals surface area contributed by atoms with Crippen LogP contribution in [0.15, 0.2) is 77.5 Å². The summed E-state index contributed by atoms with van der Waals surface area (Å²) in [5, 5.41) is 1.79. The van der Waals surface area contributed by atoms with E-state index in [1.807, 2.05) is 54.6 Å². The topological polar surface area (TPSA) is 38.9 Å². The van der Waals surface area contributed by atoms with E-state index in [9.17, 15) is 0 Å². The molecule has 3 heterocycles. The van der Waals surface area contributed by atoms with E-state index in [1.54, 1.807) is 12.1 Å². The van der Waals surface area contributed by atoms with Crippen molar-refractivity contribution < 1.29 is 4.42 Å². The van der Waals surface area contributed by atoms with Gasteiger partial charge in [-0.15, -0.1) is 49.6 Å². The second kappa shape index (κ2) is 19.0. The van der Waals surface area contributed by atoms with Gasteiger partial charge in [0.15, 0.2) is 5.58 Å². The Balaban J connectivity index is 0.980. The highest BCUT2D eigenvalue weighted by Gasteiger charge is 2.26. The summed E-state index contributed by atoms with van der Waals surface area (Å²) < 4.78 is 7.87. The fourth-order valence-electron chi connectivity index (χ4n) is 10.2. The summed E-state index contributed by atoms with van der Waals surface area (Å²) in [5.74, 6) is 0. The summed E-state index contributed by atoms with van der Waals surface area (Å²) in [4.78, 5) is 9.35. The third-order valence-corrected chi connectivity index (χ3v) is 15.6. The molecule has 0 saturated carbocycles. The Labute approximate surface area is 470 Å². The van der Waals surface area contributed by atoms with Crippen LogP contribution in [0.3, 0.4) is 0 Å². The Hall–Kier alpha value is -5.84. The molecule has 0 bridgehead atoms. The van der Waals surface area contributed by atoms with Gasteiger partial charge in [-0.05, 0) is 84.6 Å². The van der Waals surface area contributed by atoms with Crippen molar-refractivity contribution >= 4 is 320 Å². The van der Waals surface area contributed by atoms with Crippen molar-refractivity contribution in [3.8, 4) is 66.9 Å². The molecule has 0 aliphatic heterocycles. The lowest BCUT2D eigenvalue weighted by Gasteiger charge is -2.31. The molecule has 24 heteroatoms. The van der Waals surface area contributed by atoms with Crippen molar-refractivity contribution in [3.63, 3.8) is 0 Å². The highest BCUT2D eigenvalue weighted by molar-refractivity contribution is 7.28. The number of furan rings is 1. The molecule has 0 unspecified atom stereocenters. The zero-order chi connectivity index (χ0) is 54.4. The summed E-state index contributed by atoms with van der Waals surface area (Å²) in [6, 6.07) is 21.0. The van der Waals surface area contributed by atoms with Gasteiger partial charge >= 0.3 is 0 Å². The van der Waals surface area contributed by atoms with Crippen LogP contribution in [0.4, 0.5) is 0 Å². The van der Waals surface area contributed by atoms with Gasteiger partial charge in [-0.1, -0.05) is 120 Å². The molecule has 0 saturated heterocycles. The maximum atomic E-state index is 7.04. The number of hydrogen-bond donors (Lipinski definition) is 0. The molecule has 0 aliphatic carbocycles. The molecule has 0 N–H and O–H groups in total. The highest BCUT2D eigenvalue weighted by Crippen LogP contribution is 2.39. The molecule has 11 rings (SSSR count). The van der Waals surface area contributed by atoms with Crippen molar-refractivity contribution in [2.45, 2.75) is 0 Å². The Morgan fingerprint density at radius 2 is 0.737 bits per heavy atom. The zero-order valence-electron chi connectivity index (χ0n) is 40.2. The molecule has 3 nitrogen and oxygen atoms in total. The average Bonchev–Trinajstić information content (AvgIpc) is 4.02. The minimum atomic E-state index is -0.0822. The van der Waals surface area contributed by atoms with Crippen LogP contribution >= 0.6 is 11.3 Å². The number of hydrogen-bond acceptors (Lipinski definition) is 4. The van der Waals surface area contributed by atoms with Gasteiger partial charge < -0.3 is 4.42 Å². The fraction of sp³-hybridized carbons (Fsp3) is 0. The molecule has 0 atom stereocenters. The van der Waals surface area contributed by atoms with E-state index in [4.69, 9.17) is 161 Å². The third kappa shape index (κ3) is 7.60. The Bertz CT molecular complexity index is 4360. The molecule has 76 heavy (non-hydrogen) atoms. The Morgan fingerprint density at radius 3 is 1.33 bits per heavy atom. The average molecular weight is 929 g/mol. The summed E-state index contributed by atoms with van der Waals surface area (Å²) in [6.07, 6.45) is 1.46. The highest BCUT2D eigenvalue weighted by atomic mass is 32.1. The van der Waals surface area contributed by atoms with E-state index in [-0.39, 0.29) is 121 Å². The number of rotatable bonds is 6. The molecular weight excluding hydrogens is 917 g/mol. The van der Waals surface area contributed by atoms with Crippen molar-refractivity contribution in [1.29, 1.82) is 0 Å². The molecule has 3 aromatic heterocycles. The van der Waals surface area contributed by atoms with Gasteiger partial charge in [-0.25, -0.2) is 9.97 Å². The molecule has 302 valence electrons. The fourth-order valence-corrected chi connectivity index (χ4v) is 11.6. The lowest BCUT2D eigenvalue weighted by Crippen LogP contribution is -2.57. The number of nitrogens with zero attached hydrogens (tertiary/aromatic N) is 2. The molecule has 11 aromatic rings.